The molecule has 2 aromatic rings. The Morgan fingerprint density at radius 2 is 2.31 bits per heavy atom. The maximum atomic E-state index is 6.04. The fourth-order valence-electron chi connectivity index (χ4n) is 1.25. The Bertz CT molecular complexity index is 440. The van der Waals surface area contributed by atoms with Gasteiger partial charge < -0.3 is 0 Å². The molecule has 66 valence electrons. The molecule has 0 spiro atoms. The molecule has 0 N–H and O–H groups in total. The third-order valence-electron chi connectivity index (χ3n) is 1.93. The smallest absolute Gasteiger partial charge is 0.107 e. The summed E-state index contributed by atoms with van der Waals surface area (Å²) in [6.45, 7) is 2.06. The van der Waals surface area contributed by atoms with Crippen molar-refractivity contribution < 1.29 is 0 Å². The highest BCUT2D eigenvalue weighted by atomic mass is 35.5. The van der Waals surface area contributed by atoms with Crippen LogP contribution in [-0.2, 0) is 6.42 Å². The van der Waals surface area contributed by atoms with Gasteiger partial charge in [0.1, 0.15) is 5.52 Å². The van der Waals surface area contributed by atoms with Gasteiger partial charge in [-0.2, -0.15) is 0 Å². The first-order valence-electron chi connectivity index (χ1n) is 4.21. The van der Waals surface area contributed by atoms with E-state index in [0.29, 0.717) is 5.02 Å². The average Bonchev–Trinajstić information content (AvgIpc) is 2.18. The molecule has 13 heavy (non-hydrogen) atoms. The second kappa shape index (κ2) is 3.30. The van der Waals surface area contributed by atoms with Gasteiger partial charge in [0.2, 0.25) is 0 Å². The summed E-state index contributed by atoms with van der Waals surface area (Å²) >= 11 is 6.04. The van der Waals surface area contributed by atoms with E-state index < -0.39 is 0 Å². The van der Waals surface area contributed by atoms with Crippen molar-refractivity contribution in [3.05, 3.63) is 35.1 Å². The van der Waals surface area contributed by atoms with Gasteiger partial charge in [0, 0.05) is 11.9 Å². The number of aryl methyl sites for hydroxylation is 1. The number of nitrogens with zero attached hydrogens (tertiary/aromatic N) is 2. The molecular formula is C10H9ClN2. The Hall–Kier alpha value is -1.15. The van der Waals surface area contributed by atoms with Gasteiger partial charge in [0.25, 0.3) is 0 Å². The van der Waals surface area contributed by atoms with Gasteiger partial charge in [0.15, 0.2) is 0 Å². The number of fused-ring (bicyclic) bond motifs is 1. The summed E-state index contributed by atoms with van der Waals surface area (Å²) in [7, 11) is 0. The lowest BCUT2D eigenvalue weighted by atomic mass is 10.2. The first-order valence-corrected chi connectivity index (χ1v) is 4.59. The Balaban J connectivity index is 2.77. The topological polar surface area (TPSA) is 25.8 Å². The first kappa shape index (κ1) is 8.45. The predicted molar refractivity (Wildman–Crippen MR) is 53.9 cm³/mol. The molecule has 0 radical (unpaired) electrons. The Morgan fingerprint density at radius 3 is 3.08 bits per heavy atom. The van der Waals surface area contributed by atoms with Crippen molar-refractivity contribution in [2.75, 3.05) is 0 Å². The number of aromatic nitrogens is 2. The van der Waals surface area contributed by atoms with E-state index in [0.717, 1.165) is 23.1 Å². The standard InChI is InChI=1S/C10H9ClN2/c1-2-7-6-8(11)10-9(13-7)4-3-5-12-10/h3-6H,2H2,1H3. The molecule has 0 aliphatic carbocycles. The number of pyridine rings is 2. The van der Waals surface area contributed by atoms with Crippen LogP contribution in [0.1, 0.15) is 12.6 Å². The van der Waals surface area contributed by atoms with Gasteiger partial charge in [-0.15, -0.1) is 0 Å². The zero-order valence-electron chi connectivity index (χ0n) is 7.29. The van der Waals surface area contributed by atoms with Crippen LogP contribution in [-0.4, -0.2) is 9.97 Å². The minimum Gasteiger partial charge on any atom is -0.253 e. The van der Waals surface area contributed by atoms with Crippen molar-refractivity contribution in [2.24, 2.45) is 0 Å². The van der Waals surface area contributed by atoms with Gasteiger partial charge in [-0.05, 0) is 24.6 Å². The lowest BCUT2D eigenvalue weighted by Crippen LogP contribution is -1.90. The summed E-state index contributed by atoms with van der Waals surface area (Å²) in [6.07, 6.45) is 2.62. The molecule has 0 atom stereocenters. The highest BCUT2D eigenvalue weighted by Gasteiger charge is 2.02. The Labute approximate surface area is 81.6 Å². The maximum absolute atomic E-state index is 6.04. The summed E-state index contributed by atoms with van der Waals surface area (Å²) < 4.78 is 0. The molecule has 0 amide bonds. The molecule has 0 aromatic carbocycles. The van der Waals surface area contributed by atoms with Crippen molar-refractivity contribution in [1.82, 2.24) is 9.97 Å². The number of halogens is 1. The van der Waals surface area contributed by atoms with Crippen molar-refractivity contribution in [3.63, 3.8) is 0 Å². The summed E-state index contributed by atoms with van der Waals surface area (Å²) in [5.41, 5.74) is 2.65. The number of hydrogen-bond donors (Lipinski definition) is 0. The summed E-state index contributed by atoms with van der Waals surface area (Å²) in [6, 6.07) is 5.66. The zero-order valence-corrected chi connectivity index (χ0v) is 8.04. The maximum Gasteiger partial charge on any atom is 0.107 e. The third kappa shape index (κ3) is 1.49. The van der Waals surface area contributed by atoms with Crippen LogP contribution < -0.4 is 0 Å². The number of rotatable bonds is 1. The molecular weight excluding hydrogens is 184 g/mol. The minimum absolute atomic E-state index is 0.683. The van der Waals surface area contributed by atoms with Gasteiger partial charge >= 0.3 is 0 Å². The molecule has 2 heterocycles. The molecule has 2 aromatic heterocycles. The molecule has 2 nitrogen and oxygen atoms in total. The van der Waals surface area contributed by atoms with Crippen molar-refractivity contribution in [1.29, 1.82) is 0 Å². The normalized spacial score (nSPS) is 10.6. The van der Waals surface area contributed by atoms with E-state index in [-0.39, 0.29) is 0 Å². The van der Waals surface area contributed by atoms with Crippen LogP contribution in [0, 0.1) is 0 Å². The highest BCUT2D eigenvalue weighted by Crippen LogP contribution is 2.20. The van der Waals surface area contributed by atoms with Crippen LogP contribution in [0.3, 0.4) is 0 Å². The molecule has 0 fully saturated rings. The van der Waals surface area contributed by atoms with E-state index in [2.05, 4.69) is 16.9 Å². The van der Waals surface area contributed by atoms with Gasteiger partial charge in [-0.1, -0.05) is 18.5 Å². The molecule has 0 aliphatic heterocycles. The quantitative estimate of drug-likeness (QED) is 0.695. The van der Waals surface area contributed by atoms with Crippen LogP contribution in [0.25, 0.3) is 11.0 Å². The average molecular weight is 193 g/mol. The van der Waals surface area contributed by atoms with Crippen molar-refractivity contribution in [3.8, 4) is 0 Å². The zero-order chi connectivity index (χ0) is 9.26. The van der Waals surface area contributed by atoms with E-state index in [1.807, 2.05) is 18.2 Å². The van der Waals surface area contributed by atoms with Crippen molar-refractivity contribution >= 4 is 22.6 Å². The first-order chi connectivity index (χ1) is 6.31. The minimum atomic E-state index is 0.683. The highest BCUT2D eigenvalue weighted by molar-refractivity contribution is 6.34. The van der Waals surface area contributed by atoms with E-state index in [4.69, 9.17) is 11.6 Å². The summed E-state index contributed by atoms with van der Waals surface area (Å²) in [4.78, 5) is 8.57. The molecule has 0 saturated carbocycles. The van der Waals surface area contributed by atoms with Crippen molar-refractivity contribution in [2.45, 2.75) is 13.3 Å². The second-order valence-electron chi connectivity index (χ2n) is 2.82. The summed E-state index contributed by atoms with van der Waals surface area (Å²) in [5.74, 6) is 0. The molecule has 0 unspecified atom stereocenters. The fourth-order valence-corrected chi connectivity index (χ4v) is 1.53. The molecule has 3 heteroatoms. The summed E-state index contributed by atoms with van der Waals surface area (Å²) in [5, 5.41) is 0.683. The van der Waals surface area contributed by atoms with Crippen LogP contribution >= 0.6 is 11.6 Å². The van der Waals surface area contributed by atoms with Crippen LogP contribution in [0.2, 0.25) is 5.02 Å². The molecule has 0 bridgehead atoms. The van der Waals surface area contributed by atoms with Gasteiger partial charge in [-0.25, -0.2) is 0 Å². The lowest BCUT2D eigenvalue weighted by molar-refractivity contribution is 1.05. The largest absolute Gasteiger partial charge is 0.253 e. The second-order valence-corrected chi connectivity index (χ2v) is 3.23. The third-order valence-corrected chi connectivity index (χ3v) is 2.22. The molecule has 0 aliphatic rings. The number of hydrogen-bond acceptors (Lipinski definition) is 2. The lowest BCUT2D eigenvalue weighted by Gasteiger charge is -2.01. The van der Waals surface area contributed by atoms with Crippen LogP contribution in [0.4, 0.5) is 0 Å². The monoisotopic (exact) mass is 192 g/mol. The van der Waals surface area contributed by atoms with E-state index in [9.17, 15) is 0 Å². The van der Waals surface area contributed by atoms with Crippen LogP contribution in [0.5, 0.6) is 0 Å². The predicted octanol–water partition coefficient (Wildman–Crippen LogP) is 2.85. The SMILES string of the molecule is CCc1cc(Cl)c2ncccc2n1. The Morgan fingerprint density at radius 1 is 1.46 bits per heavy atom. The van der Waals surface area contributed by atoms with E-state index in [1.165, 1.54) is 0 Å². The molecule has 0 saturated heterocycles. The molecule has 2 rings (SSSR count). The van der Waals surface area contributed by atoms with Gasteiger partial charge in [0.05, 0.1) is 10.5 Å². The van der Waals surface area contributed by atoms with Gasteiger partial charge in [-0.3, -0.25) is 9.97 Å². The Kier molecular flexibility index (Phi) is 2.15. The van der Waals surface area contributed by atoms with Crippen LogP contribution in [0.15, 0.2) is 24.4 Å². The van der Waals surface area contributed by atoms with E-state index >= 15 is 0 Å². The fraction of sp³-hybridized carbons (Fsp3) is 0.200. The van der Waals surface area contributed by atoms with E-state index in [1.54, 1.807) is 6.20 Å².